The molecule has 0 aliphatic rings. The fraction of sp³-hybridized carbons (Fsp3) is 0.729. The Balaban J connectivity index is 4.23. The van der Waals surface area contributed by atoms with Crippen LogP contribution in [-0.4, -0.2) is 66.3 Å². The Morgan fingerprint density at radius 2 is 0.983 bits per heavy atom. The minimum Gasteiger partial charge on any atom is -0.457 e. The van der Waals surface area contributed by atoms with Crippen LogP contribution in [0.1, 0.15) is 181 Å². The number of carbonyl (C=O) groups excluding carboxylic acids is 1. The largest absolute Gasteiger partial charge is 0.472 e. The van der Waals surface area contributed by atoms with Crippen LogP contribution >= 0.6 is 7.82 Å². The van der Waals surface area contributed by atoms with E-state index in [0.29, 0.717) is 13.0 Å². The van der Waals surface area contributed by atoms with Gasteiger partial charge < -0.3 is 24.6 Å². The third-order valence-corrected chi connectivity index (χ3v) is 10.3. The predicted molar refractivity (Wildman–Crippen MR) is 242 cm³/mol. The fourth-order valence-corrected chi connectivity index (χ4v) is 6.70. The molecule has 0 saturated heterocycles. The number of esters is 1. The van der Waals surface area contributed by atoms with Gasteiger partial charge in [0.15, 0.2) is 0 Å². The van der Waals surface area contributed by atoms with E-state index in [2.05, 4.69) is 86.8 Å². The normalized spacial score (nSPS) is 14.6. The lowest BCUT2D eigenvalue weighted by molar-refractivity contribution is -0.154. The van der Waals surface area contributed by atoms with Crippen molar-refractivity contribution in [3.63, 3.8) is 0 Å². The SMILES string of the molecule is CC/C=C\C/C=C\C/C=C\C/C=C\C/C=C\CCCCCC(=O)OC(COCCCCCCCCCC/C=C\CCCCCCCC)COP(=O)(O)OCC(O)CO. The lowest BCUT2D eigenvalue weighted by Crippen LogP contribution is -2.29. The molecule has 336 valence electrons. The van der Waals surface area contributed by atoms with Crippen LogP contribution in [0.15, 0.2) is 72.9 Å². The summed E-state index contributed by atoms with van der Waals surface area (Å²) in [6, 6.07) is 0. The Hall–Kier alpha value is -2.10. The third-order valence-electron chi connectivity index (χ3n) is 9.38. The van der Waals surface area contributed by atoms with Gasteiger partial charge in [0.2, 0.25) is 0 Å². The van der Waals surface area contributed by atoms with Gasteiger partial charge in [-0.3, -0.25) is 13.8 Å². The topological polar surface area (TPSA) is 132 Å². The van der Waals surface area contributed by atoms with E-state index in [-0.39, 0.29) is 13.0 Å². The van der Waals surface area contributed by atoms with E-state index in [1.54, 1.807) is 0 Å². The molecule has 0 bridgehead atoms. The molecule has 0 aromatic heterocycles. The summed E-state index contributed by atoms with van der Waals surface area (Å²) in [5, 5.41) is 18.4. The summed E-state index contributed by atoms with van der Waals surface area (Å²) in [5.41, 5.74) is 0. The van der Waals surface area contributed by atoms with Crippen LogP contribution in [0.5, 0.6) is 0 Å². The van der Waals surface area contributed by atoms with Crippen LogP contribution in [0.4, 0.5) is 0 Å². The number of phosphoric ester groups is 1. The van der Waals surface area contributed by atoms with E-state index in [1.165, 1.54) is 83.5 Å². The van der Waals surface area contributed by atoms with Crippen LogP contribution in [0, 0.1) is 0 Å². The molecule has 0 aromatic carbocycles. The van der Waals surface area contributed by atoms with Gasteiger partial charge in [0.05, 0.1) is 26.4 Å². The number of ether oxygens (including phenoxy) is 2. The summed E-state index contributed by atoms with van der Waals surface area (Å²) in [6.45, 7) is 3.34. The Bertz CT molecular complexity index is 1130. The molecule has 0 aliphatic heterocycles. The summed E-state index contributed by atoms with van der Waals surface area (Å²) in [7, 11) is -4.53. The molecule has 3 unspecified atom stereocenters. The monoisotopic (exact) mass is 837 g/mol. The molecule has 0 heterocycles. The van der Waals surface area contributed by atoms with Crippen LogP contribution < -0.4 is 0 Å². The van der Waals surface area contributed by atoms with E-state index in [4.69, 9.17) is 23.6 Å². The zero-order valence-corrected chi connectivity index (χ0v) is 37.6. The molecular formula is C48H85O9P. The van der Waals surface area contributed by atoms with Crippen LogP contribution in [-0.2, 0) is 27.9 Å². The maximum absolute atomic E-state index is 12.6. The first-order valence-corrected chi connectivity index (χ1v) is 24.4. The number of aliphatic hydroxyl groups excluding tert-OH is 2. The molecule has 0 radical (unpaired) electrons. The molecule has 58 heavy (non-hydrogen) atoms. The lowest BCUT2D eigenvalue weighted by atomic mass is 10.1. The zero-order chi connectivity index (χ0) is 42.5. The second-order valence-corrected chi connectivity index (χ2v) is 16.5. The second kappa shape index (κ2) is 44.5. The standard InChI is InChI=1S/C48H85O9P/c1-3-5-7-9-11-13-15-17-19-21-23-24-26-28-30-32-34-36-38-40-48(51)57-47(45-56-58(52,53)55-43-46(50)42-49)44-54-41-39-37-35-33-31-29-27-25-22-20-18-16-14-12-10-8-6-4-2/h5,7,11,13,17-20,23-24,28,30,46-47,49-50H,3-4,6,8-10,12,14-16,21-22,25-27,29,31-45H2,1-2H3,(H,52,53)/b7-5-,13-11-,19-17-,20-18-,24-23-,30-28-. The molecule has 0 fully saturated rings. The van der Waals surface area contributed by atoms with Crippen molar-refractivity contribution >= 4 is 13.8 Å². The van der Waals surface area contributed by atoms with Crippen LogP contribution in [0.25, 0.3) is 0 Å². The number of aliphatic hydroxyl groups is 2. The molecule has 3 N–H and O–H groups in total. The van der Waals surface area contributed by atoms with Crippen molar-refractivity contribution < 1.29 is 43.0 Å². The van der Waals surface area contributed by atoms with Crippen molar-refractivity contribution in [3.8, 4) is 0 Å². The van der Waals surface area contributed by atoms with Gasteiger partial charge in [-0.25, -0.2) is 4.57 Å². The first-order valence-electron chi connectivity index (χ1n) is 22.9. The van der Waals surface area contributed by atoms with Gasteiger partial charge in [0, 0.05) is 13.0 Å². The number of allylic oxidation sites excluding steroid dienone is 12. The average Bonchev–Trinajstić information content (AvgIpc) is 3.21. The van der Waals surface area contributed by atoms with E-state index in [9.17, 15) is 19.4 Å². The van der Waals surface area contributed by atoms with Gasteiger partial charge in [-0.2, -0.15) is 0 Å². The number of carbonyl (C=O) groups is 1. The smallest absolute Gasteiger partial charge is 0.457 e. The highest BCUT2D eigenvalue weighted by atomic mass is 31.2. The first kappa shape index (κ1) is 55.9. The summed E-state index contributed by atoms with van der Waals surface area (Å²) in [6.07, 6.45) is 52.9. The van der Waals surface area contributed by atoms with E-state index in [1.807, 2.05) is 0 Å². The molecule has 0 aliphatic carbocycles. The van der Waals surface area contributed by atoms with Crippen molar-refractivity contribution in [1.29, 1.82) is 0 Å². The summed E-state index contributed by atoms with van der Waals surface area (Å²) >= 11 is 0. The highest BCUT2D eigenvalue weighted by Gasteiger charge is 2.26. The summed E-state index contributed by atoms with van der Waals surface area (Å²) in [4.78, 5) is 22.6. The number of hydrogen-bond acceptors (Lipinski definition) is 8. The Morgan fingerprint density at radius 1 is 0.552 bits per heavy atom. The van der Waals surface area contributed by atoms with Crippen molar-refractivity contribution in [1.82, 2.24) is 0 Å². The van der Waals surface area contributed by atoms with Gasteiger partial charge in [-0.05, 0) is 83.5 Å². The molecule has 0 rings (SSSR count). The van der Waals surface area contributed by atoms with Gasteiger partial charge in [-0.1, -0.05) is 164 Å². The molecule has 9 nitrogen and oxygen atoms in total. The number of phosphoric acid groups is 1. The molecular weight excluding hydrogens is 751 g/mol. The molecule has 0 saturated carbocycles. The molecule has 0 spiro atoms. The minimum absolute atomic E-state index is 0.0302. The molecule has 0 aromatic rings. The molecule has 10 heteroatoms. The zero-order valence-electron chi connectivity index (χ0n) is 36.7. The highest BCUT2D eigenvalue weighted by molar-refractivity contribution is 7.47. The van der Waals surface area contributed by atoms with Crippen molar-refractivity contribution in [2.24, 2.45) is 0 Å². The van der Waals surface area contributed by atoms with Gasteiger partial charge >= 0.3 is 13.8 Å². The van der Waals surface area contributed by atoms with E-state index >= 15 is 0 Å². The quantitative estimate of drug-likeness (QED) is 0.0238. The molecule has 3 atom stereocenters. The van der Waals surface area contributed by atoms with Gasteiger partial charge in [0.1, 0.15) is 12.2 Å². The van der Waals surface area contributed by atoms with Crippen molar-refractivity contribution in [2.45, 2.75) is 193 Å². The van der Waals surface area contributed by atoms with Crippen LogP contribution in [0.2, 0.25) is 0 Å². The Morgan fingerprint density at radius 3 is 1.50 bits per heavy atom. The lowest BCUT2D eigenvalue weighted by Gasteiger charge is -2.20. The predicted octanol–water partition coefficient (Wildman–Crippen LogP) is 12.9. The second-order valence-electron chi connectivity index (χ2n) is 15.0. The summed E-state index contributed by atoms with van der Waals surface area (Å²) in [5.74, 6) is -0.416. The van der Waals surface area contributed by atoms with E-state index < -0.39 is 45.8 Å². The van der Waals surface area contributed by atoms with E-state index in [0.717, 1.165) is 70.6 Å². The maximum Gasteiger partial charge on any atom is 0.472 e. The third kappa shape index (κ3) is 43.5. The van der Waals surface area contributed by atoms with Crippen molar-refractivity contribution in [2.75, 3.05) is 33.0 Å². The summed E-state index contributed by atoms with van der Waals surface area (Å²) < 4.78 is 33.4. The number of rotatable bonds is 43. The molecule has 0 amide bonds. The van der Waals surface area contributed by atoms with Crippen LogP contribution in [0.3, 0.4) is 0 Å². The number of hydrogen-bond donors (Lipinski definition) is 3. The van der Waals surface area contributed by atoms with Gasteiger partial charge in [-0.15, -0.1) is 0 Å². The van der Waals surface area contributed by atoms with Gasteiger partial charge in [0.25, 0.3) is 0 Å². The first-order chi connectivity index (χ1) is 28.3. The van der Waals surface area contributed by atoms with Crippen molar-refractivity contribution in [3.05, 3.63) is 72.9 Å². The maximum atomic E-state index is 12.6. The average molecular weight is 837 g/mol. The Kier molecular flexibility index (Phi) is 42.8. The number of unbranched alkanes of at least 4 members (excludes halogenated alkanes) is 17. The fourth-order valence-electron chi connectivity index (χ4n) is 5.91. The Labute approximate surface area is 354 Å². The minimum atomic E-state index is -4.53. The highest BCUT2D eigenvalue weighted by Crippen LogP contribution is 2.43.